The van der Waals surface area contributed by atoms with Crippen LogP contribution in [0.3, 0.4) is 0 Å². The van der Waals surface area contributed by atoms with Crippen LogP contribution in [-0.4, -0.2) is 37.4 Å². The number of pyridine rings is 1. The molecule has 0 unspecified atom stereocenters. The lowest BCUT2D eigenvalue weighted by Gasteiger charge is -2.24. The zero-order valence-corrected chi connectivity index (χ0v) is 21.5. The molecule has 6 rings (SSSR count). The Morgan fingerprint density at radius 2 is 1.89 bits per heavy atom. The Morgan fingerprint density at radius 3 is 2.66 bits per heavy atom. The van der Waals surface area contributed by atoms with E-state index in [0.717, 1.165) is 35.2 Å². The van der Waals surface area contributed by atoms with Crippen LogP contribution in [0.15, 0.2) is 77.9 Å². The zero-order chi connectivity index (χ0) is 26.3. The lowest BCUT2D eigenvalue weighted by Crippen LogP contribution is -2.36. The van der Waals surface area contributed by atoms with E-state index in [1.807, 2.05) is 24.4 Å². The van der Waals surface area contributed by atoms with Crippen LogP contribution >= 0.6 is 11.6 Å². The van der Waals surface area contributed by atoms with Gasteiger partial charge < -0.3 is 15.0 Å². The zero-order valence-electron chi connectivity index (χ0n) is 20.7. The molecular weight excluding hydrogens is 500 g/mol. The van der Waals surface area contributed by atoms with Gasteiger partial charge in [0, 0.05) is 24.0 Å². The third-order valence-corrected chi connectivity index (χ3v) is 7.85. The number of hydrogen-bond acceptors (Lipinski definition) is 5. The van der Waals surface area contributed by atoms with E-state index in [9.17, 15) is 14.7 Å². The summed E-state index contributed by atoms with van der Waals surface area (Å²) in [6, 6.07) is 18.9. The van der Waals surface area contributed by atoms with Crippen molar-refractivity contribution in [2.75, 3.05) is 6.54 Å². The molecule has 2 aliphatic rings. The van der Waals surface area contributed by atoms with E-state index in [0.29, 0.717) is 41.4 Å². The monoisotopic (exact) mass is 526 g/mol. The summed E-state index contributed by atoms with van der Waals surface area (Å²) < 4.78 is 0. The number of nitrogens with zero attached hydrogens (tertiary/aromatic N) is 3. The molecule has 7 nitrogen and oxygen atoms in total. The molecule has 0 bridgehead atoms. The molecular formula is C30H27ClN4O3. The first kappa shape index (κ1) is 24.5. The Labute approximate surface area is 225 Å². The highest BCUT2D eigenvalue weighted by Gasteiger charge is 2.49. The van der Waals surface area contributed by atoms with Gasteiger partial charge in [-0.05, 0) is 66.1 Å². The van der Waals surface area contributed by atoms with Crippen LogP contribution in [-0.2, 0) is 23.2 Å². The molecule has 4 aromatic rings. The molecule has 3 heterocycles. The molecule has 38 heavy (non-hydrogen) atoms. The molecule has 192 valence electrons. The average molecular weight is 527 g/mol. The lowest BCUT2D eigenvalue weighted by atomic mass is 9.92. The maximum atomic E-state index is 13.4. The first-order valence-corrected chi connectivity index (χ1v) is 13.2. The fraction of sp³-hybridized carbons (Fsp3) is 0.267. The number of fused-ring (bicyclic) bond motifs is 1. The summed E-state index contributed by atoms with van der Waals surface area (Å²) in [4.78, 5) is 40.3. The van der Waals surface area contributed by atoms with Crippen LogP contribution in [0, 0.1) is 0 Å². The number of benzene rings is 2. The molecule has 2 aromatic heterocycles. The van der Waals surface area contributed by atoms with Gasteiger partial charge in [0.05, 0.1) is 23.2 Å². The summed E-state index contributed by atoms with van der Waals surface area (Å²) in [5, 5.41) is 11.2. The quantitative estimate of drug-likeness (QED) is 0.397. The minimum Gasteiger partial charge on any atom is -0.378 e. The van der Waals surface area contributed by atoms with E-state index < -0.39 is 12.0 Å². The van der Waals surface area contributed by atoms with Gasteiger partial charge in [0.1, 0.15) is 5.82 Å². The molecule has 1 atom stereocenters. The highest BCUT2D eigenvalue weighted by molar-refractivity contribution is 6.30. The van der Waals surface area contributed by atoms with Crippen molar-refractivity contribution < 1.29 is 9.90 Å². The normalized spacial score (nSPS) is 16.8. The molecule has 1 aliphatic heterocycles. The Morgan fingerprint density at radius 1 is 1.08 bits per heavy atom. The summed E-state index contributed by atoms with van der Waals surface area (Å²) >= 11 is 6.04. The summed E-state index contributed by atoms with van der Waals surface area (Å²) in [6.07, 6.45) is 5.31. The number of halogens is 1. The molecule has 8 heteroatoms. The first-order valence-electron chi connectivity index (χ1n) is 12.8. The number of H-pyrrole nitrogens is 1. The predicted molar refractivity (Wildman–Crippen MR) is 145 cm³/mol. The van der Waals surface area contributed by atoms with Crippen molar-refractivity contribution in [1.29, 1.82) is 0 Å². The van der Waals surface area contributed by atoms with Gasteiger partial charge >= 0.3 is 0 Å². The summed E-state index contributed by atoms with van der Waals surface area (Å²) in [7, 11) is 0. The van der Waals surface area contributed by atoms with Crippen molar-refractivity contribution in [3.8, 4) is 11.1 Å². The number of nitrogens with one attached hydrogen (secondary N) is 1. The molecule has 0 spiro atoms. The fourth-order valence-corrected chi connectivity index (χ4v) is 5.54. The van der Waals surface area contributed by atoms with E-state index in [-0.39, 0.29) is 17.5 Å². The van der Waals surface area contributed by atoms with Gasteiger partial charge in [-0.1, -0.05) is 54.1 Å². The molecule has 1 amide bonds. The molecule has 0 saturated heterocycles. The number of hydrogen-bond donors (Lipinski definition) is 2. The van der Waals surface area contributed by atoms with Crippen LogP contribution in [0.5, 0.6) is 0 Å². The number of aryl methyl sites for hydroxylation is 1. The molecule has 0 radical (unpaired) electrons. The topological polar surface area (TPSA) is 99.2 Å². The number of amides is 1. The molecule has 2 aromatic carbocycles. The van der Waals surface area contributed by atoms with E-state index in [2.05, 4.69) is 28.2 Å². The Hall–Kier alpha value is -3.81. The third-order valence-electron chi connectivity index (χ3n) is 7.62. The van der Waals surface area contributed by atoms with Gasteiger partial charge in [-0.15, -0.1) is 0 Å². The van der Waals surface area contributed by atoms with Crippen molar-refractivity contribution in [2.24, 2.45) is 0 Å². The van der Waals surface area contributed by atoms with Gasteiger partial charge in [0.2, 0.25) is 0 Å². The summed E-state index contributed by atoms with van der Waals surface area (Å²) in [5.41, 5.74) is 4.33. The Bertz CT molecular complexity index is 1570. The predicted octanol–water partition coefficient (Wildman–Crippen LogP) is 4.57. The Kier molecular flexibility index (Phi) is 6.33. The number of carbonyl (C=O) groups excluding carboxylic acids is 1. The van der Waals surface area contributed by atoms with E-state index in [4.69, 9.17) is 16.6 Å². The lowest BCUT2D eigenvalue weighted by molar-refractivity contribution is -0.141. The number of aliphatic hydroxyl groups excluding tert-OH is 1. The molecule has 1 aliphatic carbocycles. The minimum atomic E-state index is -1.34. The molecule has 2 N–H and O–H groups in total. The van der Waals surface area contributed by atoms with Crippen molar-refractivity contribution in [3.05, 3.63) is 117 Å². The second-order valence-electron chi connectivity index (χ2n) is 10.1. The van der Waals surface area contributed by atoms with Crippen LogP contribution in [0.1, 0.15) is 53.6 Å². The average Bonchev–Trinajstić information content (AvgIpc) is 3.77. The second kappa shape index (κ2) is 9.82. The van der Waals surface area contributed by atoms with Gasteiger partial charge in [-0.25, -0.2) is 4.98 Å². The van der Waals surface area contributed by atoms with Gasteiger partial charge in [-0.2, -0.15) is 0 Å². The third kappa shape index (κ3) is 4.52. The fourth-order valence-electron chi connectivity index (χ4n) is 5.35. The molecule has 1 fully saturated rings. The Balaban J connectivity index is 1.29. The largest absolute Gasteiger partial charge is 0.378 e. The minimum absolute atomic E-state index is 0.109. The van der Waals surface area contributed by atoms with Crippen LogP contribution < -0.4 is 5.56 Å². The maximum Gasteiger partial charge on any atom is 0.256 e. The number of aromatic nitrogens is 3. The standard InChI is InChI=1S/C30H27ClN4O3/c31-23-9-2-6-20(16-23)26(36)28(38)35-14-4-10-25-24(18-35)27(37)34-29(33-25)30(11-12-30)22-8-1-5-19(15-22)21-7-3-13-32-17-21/h1-3,5-9,13,15-17,26,36H,4,10-12,14,18H2,(H,33,34,37)/t26-/m1/s1. The van der Waals surface area contributed by atoms with Crippen molar-refractivity contribution in [2.45, 2.75) is 43.7 Å². The number of rotatable bonds is 5. The number of aromatic amines is 1. The van der Waals surface area contributed by atoms with Gasteiger partial charge in [0.25, 0.3) is 11.5 Å². The number of carbonyl (C=O) groups is 1. The van der Waals surface area contributed by atoms with Crippen LogP contribution in [0.25, 0.3) is 11.1 Å². The maximum absolute atomic E-state index is 13.4. The first-order chi connectivity index (χ1) is 18.4. The highest BCUT2D eigenvalue weighted by atomic mass is 35.5. The van der Waals surface area contributed by atoms with Gasteiger partial charge in [-0.3, -0.25) is 14.6 Å². The smallest absolute Gasteiger partial charge is 0.256 e. The summed E-state index contributed by atoms with van der Waals surface area (Å²) in [6.45, 7) is 0.539. The van der Waals surface area contributed by atoms with Crippen molar-refractivity contribution in [1.82, 2.24) is 19.9 Å². The summed E-state index contributed by atoms with van der Waals surface area (Å²) in [5.74, 6) is 0.234. The number of aliphatic hydroxyl groups is 1. The van der Waals surface area contributed by atoms with E-state index >= 15 is 0 Å². The van der Waals surface area contributed by atoms with E-state index in [1.54, 1.807) is 30.5 Å². The van der Waals surface area contributed by atoms with Gasteiger partial charge in [0.15, 0.2) is 6.10 Å². The van der Waals surface area contributed by atoms with Crippen LogP contribution in [0.2, 0.25) is 5.02 Å². The van der Waals surface area contributed by atoms with Crippen molar-refractivity contribution >= 4 is 17.5 Å². The second-order valence-corrected chi connectivity index (χ2v) is 10.5. The van der Waals surface area contributed by atoms with E-state index in [1.165, 1.54) is 4.90 Å². The molecule has 1 saturated carbocycles. The van der Waals surface area contributed by atoms with Crippen LogP contribution in [0.4, 0.5) is 0 Å². The SMILES string of the molecule is O=C([C@H](O)c1cccc(Cl)c1)N1CCCc2nc(C3(c4cccc(-c5cccnc5)c4)CC3)[nH]c(=O)c2C1. The van der Waals surface area contributed by atoms with Crippen molar-refractivity contribution in [3.63, 3.8) is 0 Å². The highest BCUT2D eigenvalue weighted by Crippen LogP contribution is 2.52.